The molecule has 3 aromatic rings. The number of rotatable bonds is 4. The van der Waals surface area contributed by atoms with Crippen molar-refractivity contribution in [3.05, 3.63) is 41.9 Å². The molecule has 1 aromatic carbocycles. The summed E-state index contributed by atoms with van der Waals surface area (Å²) in [5.74, 6) is 0. The molecule has 0 bridgehead atoms. The molecule has 5 heteroatoms. The molecule has 5 nitrogen and oxygen atoms in total. The summed E-state index contributed by atoms with van der Waals surface area (Å²) in [6.45, 7) is 8.59. The topological polar surface area (TPSA) is 46.8 Å². The molecule has 4 rings (SSSR count). The number of nitrogens with zero attached hydrogens (tertiary/aromatic N) is 5. The van der Waals surface area contributed by atoms with Gasteiger partial charge in [-0.15, -0.1) is 0 Å². The highest BCUT2D eigenvalue weighted by atomic mass is 15.3. The van der Waals surface area contributed by atoms with Crippen LogP contribution in [0.5, 0.6) is 0 Å². The van der Waals surface area contributed by atoms with E-state index in [2.05, 4.69) is 52.0 Å². The Labute approximate surface area is 148 Å². The Morgan fingerprint density at radius 3 is 2.68 bits per heavy atom. The Balaban J connectivity index is 1.65. The van der Waals surface area contributed by atoms with E-state index in [0.717, 1.165) is 29.8 Å². The van der Waals surface area contributed by atoms with Crippen LogP contribution >= 0.6 is 0 Å². The fraction of sp³-hybridized carbons (Fsp3) is 0.450. The van der Waals surface area contributed by atoms with Gasteiger partial charge in [-0.1, -0.05) is 24.1 Å². The normalized spacial score (nSPS) is 15.8. The van der Waals surface area contributed by atoms with Gasteiger partial charge in [-0.2, -0.15) is 5.10 Å². The first kappa shape index (κ1) is 16.2. The Bertz CT molecular complexity index is 877. The predicted molar refractivity (Wildman–Crippen MR) is 101 cm³/mol. The van der Waals surface area contributed by atoms with E-state index < -0.39 is 0 Å². The average molecular weight is 335 g/mol. The number of piperidine rings is 1. The van der Waals surface area contributed by atoms with Gasteiger partial charge in [0.25, 0.3) is 0 Å². The zero-order chi connectivity index (χ0) is 17.2. The van der Waals surface area contributed by atoms with E-state index in [4.69, 9.17) is 0 Å². The van der Waals surface area contributed by atoms with Crippen LogP contribution in [0.25, 0.3) is 22.3 Å². The van der Waals surface area contributed by atoms with Crippen molar-refractivity contribution < 1.29 is 0 Å². The third-order valence-electron chi connectivity index (χ3n) is 5.16. The van der Waals surface area contributed by atoms with Crippen molar-refractivity contribution in [2.45, 2.75) is 39.7 Å². The van der Waals surface area contributed by atoms with Crippen LogP contribution < -0.4 is 0 Å². The number of benzene rings is 1. The molecule has 1 aliphatic rings. The highest BCUT2D eigenvalue weighted by Crippen LogP contribution is 2.28. The van der Waals surface area contributed by atoms with E-state index in [1.54, 1.807) is 6.33 Å². The first-order valence-electron chi connectivity index (χ1n) is 9.19. The van der Waals surface area contributed by atoms with E-state index in [-0.39, 0.29) is 0 Å². The van der Waals surface area contributed by atoms with Crippen molar-refractivity contribution >= 4 is 11.0 Å². The maximum Gasteiger partial charge on any atom is 0.161 e. The molecule has 0 unspecified atom stereocenters. The lowest BCUT2D eigenvalue weighted by Gasteiger charge is -2.26. The lowest BCUT2D eigenvalue weighted by molar-refractivity contribution is 0.219. The van der Waals surface area contributed by atoms with Crippen LogP contribution in [0, 0.1) is 13.8 Å². The largest absolute Gasteiger partial charge is 0.301 e. The summed E-state index contributed by atoms with van der Waals surface area (Å²) in [6.07, 6.45) is 7.59. The molecular weight excluding hydrogens is 310 g/mol. The third-order valence-corrected chi connectivity index (χ3v) is 5.16. The first-order chi connectivity index (χ1) is 12.2. The molecule has 0 spiro atoms. The molecular formula is C20H25N5. The molecule has 0 atom stereocenters. The zero-order valence-electron chi connectivity index (χ0n) is 15.1. The molecule has 25 heavy (non-hydrogen) atoms. The molecule has 1 fully saturated rings. The average Bonchev–Trinajstić information content (AvgIpc) is 3.06. The molecule has 1 aliphatic heterocycles. The summed E-state index contributed by atoms with van der Waals surface area (Å²) in [7, 11) is 0. The standard InChI is InChI=1S/C20H25N5/c1-15-6-7-16(2)17(12-15)19-18-13-23-25(20(18)22-14-21-19)11-10-24-8-4-3-5-9-24/h6-7,12-14H,3-5,8-11H2,1-2H3. The van der Waals surface area contributed by atoms with Crippen molar-refractivity contribution in [3.8, 4) is 11.3 Å². The first-order valence-corrected chi connectivity index (χ1v) is 9.19. The van der Waals surface area contributed by atoms with Crippen molar-refractivity contribution in [1.82, 2.24) is 24.6 Å². The molecule has 0 radical (unpaired) electrons. The SMILES string of the molecule is Cc1ccc(C)c(-c2ncnc3c2cnn3CCN2CCCCC2)c1. The highest BCUT2D eigenvalue weighted by molar-refractivity contribution is 5.90. The lowest BCUT2D eigenvalue weighted by atomic mass is 10.0. The second kappa shape index (κ2) is 6.92. The van der Waals surface area contributed by atoms with E-state index in [1.807, 2.05) is 10.9 Å². The van der Waals surface area contributed by atoms with E-state index in [0.29, 0.717) is 0 Å². The summed E-state index contributed by atoms with van der Waals surface area (Å²) >= 11 is 0. The van der Waals surface area contributed by atoms with Gasteiger partial charge >= 0.3 is 0 Å². The minimum Gasteiger partial charge on any atom is -0.301 e. The summed E-state index contributed by atoms with van der Waals surface area (Å²) < 4.78 is 2.03. The fourth-order valence-corrected chi connectivity index (χ4v) is 3.68. The Morgan fingerprint density at radius 2 is 1.84 bits per heavy atom. The Hall–Kier alpha value is -2.27. The van der Waals surface area contributed by atoms with Crippen LogP contribution in [0.4, 0.5) is 0 Å². The van der Waals surface area contributed by atoms with Gasteiger partial charge in [-0.25, -0.2) is 14.6 Å². The summed E-state index contributed by atoms with van der Waals surface area (Å²) in [4.78, 5) is 11.6. The molecule has 0 saturated carbocycles. The van der Waals surface area contributed by atoms with E-state index in [9.17, 15) is 0 Å². The Kier molecular flexibility index (Phi) is 4.49. The second-order valence-electron chi connectivity index (χ2n) is 7.05. The van der Waals surface area contributed by atoms with E-state index >= 15 is 0 Å². The van der Waals surface area contributed by atoms with Gasteiger partial charge in [0.2, 0.25) is 0 Å². The summed E-state index contributed by atoms with van der Waals surface area (Å²) in [6, 6.07) is 6.49. The maximum atomic E-state index is 4.61. The molecule has 0 N–H and O–H groups in total. The van der Waals surface area contributed by atoms with Gasteiger partial charge in [0, 0.05) is 12.1 Å². The van der Waals surface area contributed by atoms with Crippen LogP contribution in [0.3, 0.4) is 0 Å². The molecule has 1 saturated heterocycles. The van der Waals surface area contributed by atoms with Gasteiger partial charge in [0.1, 0.15) is 6.33 Å². The van der Waals surface area contributed by atoms with Gasteiger partial charge in [0.15, 0.2) is 5.65 Å². The van der Waals surface area contributed by atoms with Crippen LogP contribution in [0.1, 0.15) is 30.4 Å². The number of hydrogen-bond donors (Lipinski definition) is 0. The molecule has 130 valence electrons. The maximum absolute atomic E-state index is 4.61. The fourth-order valence-electron chi connectivity index (χ4n) is 3.68. The predicted octanol–water partition coefficient (Wildman–Crippen LogP) is 3.60. The monoisotopic (exact) mass is 335 g/mol. The van der Waals surface area contributed by atoms with Gasteiger partial charge in [-0.3, -0.25) is 0 Å². The zero-order valence-corrected chi connectivity index (χ0v) is 15.1. The minimum atomic E-state index is 0.882. The molecule has 0 aliphatic carbocycles. The smallest absolute Gasteiger partial charge is 0.161 e. The summed E-state index contributed by atoms with van der Waals surface area (Å²) in [5.41, 5.74) is 5.55. The number of likely N-dealkylation sites (tertiary alicyclic amines) is 1. The van der Waals surface area contributed by atoms with Crippen LogP contribution in [0.15, 0.2) is 30.7 Å². The van der Waals surface area contributed by atoms with Crippen LogP contribution in [-0.2, 0) is 6.54 Å². The Morgan fingerprint density at radius 1 is 1.00 bits per heavy atom. The minimum absolute atomic E-state index is 0.882. The highest BCUT2D eigenvalue weighted by Gasteiger charge is 2.15. The van der Waals surface area contributed by atoms with E-state index in [1.165, 1.54) is 49.0 Å². The van der Waals surface area contributed by atoms with Gasteiger partial charge < -0.3 is 4.90 Å². The molecule has 2 aromatic heterocycles. The third kappa shape index (κ3) is 3.29. The van der Waals surface area contributed by atoms with Crippen molar-refractivity contribution in [2.24, 2.45) is 0 Å². The number of aromatic nitrogens is 4. The lowest BCUT2D eigenvalue weighted by Crippen LogP contribution is -2.32. The van der Waals surface area contributed by atoms with Crippen LogP contribution in [0.2, 0.25) is 0 Å². The van der Waals surface area contributed by atoms with Crippen molar-refractivity contribution in [3.63, 3.8) is 0 Å². The number of aryl methyl sites for hydroxylation is 2. The second-order valence-corrected chi connectivity index (χ2v) is 7.05. The molecule has 0 amide bonds. The molecule has 3 heterocycles. The summed E-state index contributed by atoms with van der Waals surface area (Å²) in [5, 5.41) is 5.64. The number of fused-ring (bicyclic) bond motifs is 1. The quantitative estimate of drug-likeness (QED) is 0.731. The van der Waals surface area contributed by atoms with Crippen molar-refractivity contribution in [1.29, 1.82) is 0 Å². The van der Waals surface area contributed by atoms with Gasteiger partial charge in [-0.05, 0) is 51.4 Å². The van der Waals surface area contributed by atoms with Crippen molar-refractivity contribution in [2.75, 3.05) is 19.6 Å². The van der Waals surface area contributed by atoms with Crippen LogP contribution in [-0.4, -0.2) is 44.3 Å². The van der Waals surface area contributed by atoms with Gasteiger partial charge in [0.05, 0.1) is 23.8 Å². The number of hydrogen-bond acceptors (Lipinski definition) is 4.